The van der Waals surface area contributed by atoms with Gasteiger partial charge in [-0.1, -0.05) is 0 Å². The number of nitrogens with one attached hydrogen (secondary N) is 2. The number of aromatic nitrogens is 2. The van der Waals surface area contributed by atoms with Crippen molar-refractivity contribution in [3.05, 3.63) is 30.0 Å². The van der Waals surface area contributed by atoms with Gasteiger partial charge >= 0.3 is 0 Å². The van der Waals surface area contributed by atoms with Crippen LogP contribution in [0, 0.1) is 0 Å². The number of likely N-dealkylation sites (tertiary alicyclic amines) is 1. The number of amides is 1. The molecule has 2 N–H and O–H groups in total. The number of aromatic amines is 1. The van der Waals surface area contributed by atoms with Gasteiger partial charge in [0.25, 0.3) is 0 Å². The molecule has 1 atom stereocenters. The molecule has 2 aromatic rings. The number of hydrogen-bond acceptors (Lipinski definition) is 5. The molecule has 0 bridgehead atoms. The molecule has 1 aromatic carbocycles. The highest BCUT2D eigenvalue weighted by atomic mass is 16.7. The molecular weight excluding hydrogens is 320 g/mol. The molecule has 0 radical (unpaired) electrons. The molecule has 132 valence electrons. The first-order chi connectivity index (χ1) is 12.2. The van der Waals surface area contributed by atoms with E-state index in [1.165, 1.54) is 0 Å². The van der Waals surface area contributed by atoms with E-state index >= 15 is 0 Å². The lowest BCUT2D eigenvalue weighted by Gasteiger charge is -2.21. The standard InChI is InChI=1S/C18H22N4O3/c1-12(10-22-6-2-3-17(22)23)19-8-14-9-20-21-18(14)13-4-5-15-16(7-13)25-11-24-15/h4-5,7,9,12,19H,2-3,6,8,10-11H2,1H3,(H,20,21)/t12-/m0/s1. The van der Waals surface area contributed by atoms with E-state index in [1.54, 1.807) is 0 Å². The number of rotatable bonds is 6. The van der Waals surface area contributed by atoms with Crippen LogP contribution >= 0.6 is 0 Å². The van der Waals surface area contributed by atoms with E-state index in [1.807, 2.05) is 29.3 Å². The minimum absolute atomic E-state index is 0.224. The van der Waals surface area contributed by atoms with Crippen LogP contribution in [0.15, 0.2) is 24.4 Å². The fourth-order valence-corrected chi connectivity index (χ4v) is 3.32. The van der Waals surface area contributed by atoms with Crippen LogP contribution in [-0.2, 0) is 11.3 Å². The summed E-state index contributed by atoms with van der Waals surface area (Å²) in [4.78, 5) is 13.7. The van der Waals surface area contributed by atoms with E-state index in [0.29, 0.717) is 13.0 Å². The number of nitrogens with zero attached hydrogens (tertiary/aromatic N) is 2. The molecule has 0 aliphatic carbocycles. The van der Waals surface area contributed by atoms with Crippen LogP contribution in [0.2, 0.25) is 0 Å². The van der Waals surface area contributed by atoms with Crippen molar-refractivity contribution in [3.63, 3.8) is 0 Å². The third kappa shape index (κ3) is 3.32. The van der Waals surface area contributed by atoms with Gasteiger partial charge in [0, 0.05) is 43.2 Å². The van der Waals surface area contributed by atoms with E-state index in [4.69, 9.17) is 9.47 Å². The average molecular weight is 342 g/mol. The molecule has 2 aliphatic heterocycles. The Kier molecular flexibility index (Phi) is 4.31. The zero-order valence-electron chi connectivity index (χ0n) is 14.2. The van der Waals surface area contributed by atoms with Crippen molar-refractivity contribution in [1.29, 1.82) is 0 Å². The Morgan fingerprint density at radius 1 is 1.36 bits per heavy atom. The van der Waals surface area contributed by atoms with Crippen LogP contribution in [-0.4, -0.2) is 46.9 Å². The maximum Gasteiger partial charge on any atom is 0.231 e. The molecule has 1 amide bonds. The maximum atomic E-state index is 11.7. The summed E-state index contributed by atoms with van der Waals surface area (Å²) in [5.74, 6) is 1.79. The second kappa shape index (κ2) is 6.76. The van der Waals surface area contributed by atoms with E-state index < -0.39 is 0 Å². The third-order valence-corrected chi connectivity index (χ3v) is 4.69. The predicted octanol–water partition coefficient (Wildman–Crippen LogP) is 1.91. The monoisotopic (exact) mass is 342 g/mol. The van der Waals surface area contributed by atoms with E-state index in [2.05, 4.69) is 22.4 Å². The lowest BCUT2D eigenvalue weighted by atomic mass is 10.1. The third-order valence-electron chi connectivity index (χ3n) is 4.69. The maximum absolute atomic E-state index is 11.7. The van der Waals surface area contributed by atoms with Crippen molar-refractivity contribution in [1.82, 2.24) is 20.4 Å². The Balaban J connectivity index is 1.41. The normalized spacial score (nSPS) is 17.3. The van der Waals surface area contributed by atoms with E-state index in [0.717, 1.165) is 47.8 Å². The van der Waals surface area contributed by atoms with Gasteiger partial charge in [0.05, 0.1) is 11.9 Å². The number of fused-ring (bicyclic) bond motifs is 1. The van der Waals surface area contributed by atoms with Gasteiger partial charge < -0.3 is 19.7 Å². The number of H-pyrrole nitrogens is 1. The van der Waals surface area contributed by atoms with Crippen LogP contribution in [0.1, 0.15) is 25.3 Å². The number of ether oxygens (including phenoxy) is 2. The second-order valence-corrected chi connectivity index (χ2v) is 6.56. The van der Waals surface area contributed by atoms with Gasteiger partial charge in [-0.2, -0.15) is 5.10 Å². The topological polar surface area (TPSA) is 79.5 Å². The number of carbonyl (C=O) groups is 1. The summed E-state index contributed by atoms with van der Waals surface area (Å²) < 4.78 is 10.8. The molecule has 25 heavy (non-hydrogen) atoms. The van der Waals surface area contributed by atoms with E-state index in [9.17, 15) is 4.79 Å². The zero-order valence-corrected chi connectivity index (χ0v) is 14.2. The summed E-state index contributed by atoms with van der Waals surface area (Å²) in [6.07, 6.45) is 3.49. The van der Waals surface area contributed by atoms with Crippen molar-refractivity contribution >= 4 is 5.91 Å². The second-order valence-electron chi connectivity index (χ2n) is 6.56. The summed E-state index contributed by atoms with van der Waals surface area (Å²) in [6, 6.07) is 6.10. The molecule has 7 heteroatoms. The lowest BCUT2D eigenvalue weighted by molar-refractivity contribution is -0.127. The van der Waals surface area contributed by atoms with Crippen LogP contribution < -0.4 is 14.8 Å². The predicted molar refractivity (Wildman–Crippen MR) is 92.3 cm³/mol. The fraction of sp³-hybridized carbons (Fsp3) is 0.444. The Morgan fingerprint density at radius 3 is 3.08 bits per heavy atom. The quantitative estimate of drug-likeness (QED) is 0.838. The van der Waals surface area contributed by atoms with Gasteiger partial charge in [-0.25, -0.2) is 0 Å². The molecule has 4 rings (SSSR count). The van der Waals surface area contributed by atoms with Crippen LogP contribution in [0.25, 0.3) is 11.3 Å². The SMILES string of the molecule is C[C@@H](CN1CCCC1=O)NCc1cn[nH]c1-c1ccc2c(c1)OCO2. The molecule has 1 saturated heterocycles. The molecule has 2 aliphatic rings. The molecule has 1 fully saturated rings. The zero-order chi connectivity index (χ0) is 17.2. The highest BCUT2D eigenvalue weighted by Crippen LogP contribution is 2.36. The number of hydrogen-bond donors (Lipinski definition) is 2. The fourth-order valence-electron chi connectivity index (χ4n) is 3.32. The summed E-state index contributed by atoms with van der Waals surface area (Å²) >= 11 is 0. The number of carbonyl (C=O) groups excluding carboxylic acids is 1. The summed E-state index contributed by atoms with van der Waals surface area (Å²) in [6.45, 7) is 4.67. The molecule has 7 nitrogen and oxygen atoms in total. The molecule has 0 unspecified atom stereocenters. The highest BCUT2D eigenvalue weighted by molar-refractivity contribution is 5.78. The molecule has 0 spiro atoms. The minimum atomic E-state index is 0.224. The Labute approximate surface area is 146 Å². The van der Waals surface area contributed by atoms with E-state index in [-0.39, 0.29) is 18.7 Å². The first-order valence-electron chi connectivity index (χ1n) is 8.64. The molecule has 1 aromatic heterocycles. The minimum Gasteiger partial charge on any atom is -0.454 e. The average Bonchev–Trinajstić information content (AvgIpc) is 3.33. The van der Waals surface area contributed by atoms with Crippen molar-refractivity contribution in [2.75, 3.05) is 19.9 Å². The van der Waals surface area contributed by atoms with Crippen molar-refractivity contribution in [2.45, 2.75) is 32.4 Å². The van der Waals surface area contributed by atoms with Gasteiger partial charge in [0.15, 0.2) is 11.5 Å². The molecule has 0 saturated carbocycles. The van der Waals surface area contributed by atoms with Gasteiger partial charge in [-0.05, 0) is 31.5 Å². The summed E-state index contributed by atoms with van der Waals surface area (Å²) in [7, 11) is 0. The van der Waals surface area contributed by atoms with Gasteiger partial charge in [0.2, 0.25) is 12.7 Å². The highest BCUT2D eigenvalue weighted by Gasteiger charge is 2.22. The van der Waals surface area contributed by atoms with Gasteiger partial charge in [-0.15, -0.1) is 0 Å². The first kappa shape index (κ1) is 16.0. The Morgan fingerprint density at radius 2 is 2.24 bits per heavy atom. The first-order valence-corrected chi connectivity index (χ1v) is 8.64. The molecular formula is C18H22N4O3. The lowest BCUT2D eigenvalue weighted by Crippen LogP contribution is -2.39. The smallest absolute Gasteiger partial charge is 0.231 e. The van der Waals surface area contributed by atoms with Crippen molar-refractivity contribution in [3.8, 4) is 22.8 Å². The van der Waals surface area contributed by atoms with Crippen LogP contribution in [0.3, 0.4) is 0 Å². The summed E-state index contributed by atoms with van der Waals surface area (Å²) in [5.41, 5.74) is 3.06. The van der Waals surface area contributed by atoms with Gasteiger partial charge in [-0.3, -0.25) is 9.89 Å². The Bertz CT molecular complexity index is 773. The van der Waals surface area contributed by atoms with Crippen molar-refractivity contribution < 1.29 is 14.3 Å². The largest absolute Gasteiger partial charge is 0.454 e. The van der Waals surface area contributed by atoms with Crippen molar-refractivity contribution in [2.24, 2.45) is 0 Å². The Hall–Kier alpha value is -2.54. The number of benzene rings is 1. The van der Waals surface area contributed by atoms with Crippen LogP contribution in [0.4, 0.5) is 0 Å². The van der Waals surface area contributed by atoms with Gasteiger partial charge in [0.1, 0.15) is 0 Å². The van der Waals surface area contributed by atoms with Crippen LogP contribution in [0.5, 0.6) is 11.5 Å². The molecule has 3 heterocycles. The summed E-state index contributed by atoms with van der Waals surface area (Å²) in [5, 5.41) is 10.7.